The van der Waals surface area contributed by atoms with Crippen LogP contribution in [0.1, 0.15) is 6.92 Å². The molecule has 0 heterocycles. The fourth-order valence-corrected chi connectivity index (χ4v) is 2.94. The first-order chi connectivity index (χ1) is 10.5. The zero-order valence-corrected chi connectivity index (χ0v) is 13.6. The van der Waals surface area contributed by atoms with E-state index < -0.39 is 15.7 Å². The summed E-state index contributed by atoms with van der Waals surface area (Å²) >= 11 is 0. The second kappa shape index (κ2) is 9.37. The molecule has 0 fully saturated rings. The standard InChI is InChI=1S/C14H22FN3O3S/c1-3-16-14(17-8-10-21-2)18-9-11-22(19,20)13-7-5-4-6-12(13)15/h4-7H,3,8-11H2,1-2H3,(H2,16,17,18). The summed E-state index contributed by atoms with van der Waals surface area (Å²) in [6, 6.07) is 5.36. The van der Waals surface area contributed by atoms with Crippen LogP contribution >= 0.6 is 0 Å². The van der Waals surface area contributed by atoms with Crippen LogP contribution in [0.25, 0.3) is 0 Å². The van der Waals surface area contributed by atoms with Crippen molar-refractivity contribution in [3.05, 3.63) is 30.1 Å². The van der Waals surface area contributed by atoms with Crippen LogP contribution in [0.15, 0.2) is 34.2 Å². The van der Waals surface area contributed by atoms with Crippen LogP contribution in [-0.4, -0.2) is 53.5 Å². The third-order valence-corrected chi connectivity index (χ3v) is 4.49. The van der Waals surface area contributed by atoms with Crippen molar-refractivity contribution in [2.24, 2.45) is 4.99 Å². The Balaban J connectivity index is 2.60. The molecule has 0 aliphatic carbocycles. The van der Waals surface area contributed by atoms with Crippen molar-refractivity contribution in [2.45, 2.75) is 11.8 Å². The molecule has 8 heteroatoms. The number of ether oxygens (including phenoxy) is 1. The summed E-state index contributed by atoms with van der Waals surface area (Å²) in [7, 11) is -2.09. The number of aliphatic imine (C=N–C) groups is 1. The Morgan fingerprint density at radius 1 is 1.32 bits per heavy atom. The number of methoxy groups -OCH3 is 1. The summed E-state index contributed by atoms with van der Waals surface area (Å²) in [6.45, 7) is 3.63. The number of hydrogen-bond donors (Lipinski definition) is 2. The van der Waals surface area contributed by atoms with Gasteiger partial charge in [-0.15, -0.1) is 0 Å². The average Bonchev–Trinajstić information content (AvgIpc) is 2.47. The maximum absolute atomic E-state index is 13.5. The van der Waals surface area contributed by atoms with Gasteiger partial charge in [0.2, 0.25) is 0 Å². The Morgan fingerprint density at radius 3 is 2.68 bits per heavy atom. The van der Waals surface area contributed by atoms with E-state index in [2.05, 4.69) is 15.6 Å². The van der Waals surface area contributed by atoms with Crippen LogP contribution in [0.2, 0.25) is 0 Å². The zero-order chi connectivity index (χ0) is 16.4. The number of sulfone groups is 1. The SMILES string of the molecule is CCNC(=NCCOC)NCCS(=O)(=O)c1ccccc1F. The van der Waals surface area contributed by atoms with E-state index in [0.29, 0.717) is 25.7 Å². The molecular formula is C14H22FN3O3S. The lowest BCUT2D eigenvalue weighted by atomic mass is 10.3. The molecule has 0 aliphatic rings. The lowest BCUT2D eigenvalue weighted by molar-refractivity contribution is 0.208. The summed E-state index contributed by atoms with van der Waals surface area (Å²) in [4.78, 5) is 3.93. The van der Waals surface area contributed by atoms with Gasteiger partial charge in [0.15, 0.2) is 15.8 Å². The van der Waals surface area contributed by atoms with Crippen molar-refractivity contribution in [1.82, 2.24) is 10.6 Å². The van der Waals surface area contributed by atoms with Crippen molar-refractivity contribution in [3.8, 4) is 0 Å². The van der Waals surface area contributed by atoms with E-state index in [4.69, 9.17) is 4.74 Å². The van der Waals surface area contributed by atoms with Crippen LogP contribution < -0.4 is 10.6 Å². The smallest absolute Gasteiger partial charge is 0.191 e. The minimum Gasteiger partial charge on any atom is -0.383 e. The van der Waals surface area contributed by atoms with E-state index in [1.165, 1.54) is 18.2 Å². The highest BCUT2D eigenvalue weighted by Gasteiger charge is 2.18. The van der Waals surface area contributed by atoms with Gasteiger partial charge in [0.25, 0.3) is 0 Å². The molecule has 1 rings (SSSR count). The van der Waals surface area contributed by atoms with Gasteiger partial charge in [0, 0.05) is 20.2 Å². The number of hydrogen-bond acceptors (Lipinski definition) is 4. The Labute approximate surface area is 130 Å². The van der Waals surface area contributed by atoms with Crippen molar-refractivity contribution in [2.75, 3.05) is 39.1 Å². The molecule has 0 bridgehead atoms. The van der Waals surface area contributed by atoms with Crippen molar-refractivity contribution >= 4 is 15.8 Å². The third kappa shape index (κ3) is 5.98. The molecule has 6 nitrogen and oxygen atoms in total. The normalized spacial score (nSPS) is 12.2. The van der Waals surface area contributed by atoms with E-state index in [0.717, 1.165) is 6.07 Å². The Hall–Kier alpha value is -1.67. The van der Waals surface area contributed by atoms with Crippen molar-refractivity contribution in [3.63, 3.8) is 0 Å². The zero-order valence-electron chi connectivity index (χ0n) is 12.8. The highest BCUT2D eigenvalue weighted by Crippen LogP contribution is 2.14. The van der Waals surface area contributed by atoms with E-state index >= 15 is 0 Å². The number of nitrogens with zero attached hydrogens (tertiary/aromatic N) is 1. The van der Waals surface area contributed by atoms with E-state index in [-0.39, 0.29) is 17.2 Å². The molecule has 0 radical (unpaired) electrons. The number of rotatable bonds is 8. The van der Waals surface area contributed by atoms with Gasteiger partial charge in [0.1, 0.15) is 10.7 Å². The summed E-state index contributed by atoms with van der Waals surface area (Å²) in [5, 5.41) is 5.90. The van der Waals surface area contributed by atoms with Gasteiger partial charge >= 0.3 is 0 Å². The van der Waals surface area contributed by atoms with E-state index in [9.17, 15) is 12.8 Å². The largest absolute Gasteiger partial charge is 0.383 e. The molecule has 0 atom stereocenters. The van der Waals surface area contributed by atoms with Gasteiger partial charge in [-0.25, -0.2) is 12.8 Å². The molecule has 2 N–H and O–H groups in total. The average molecular weight is 331 g/mol. The molecule has 0 aromatic heterocycles. The maximum Gasteiger partial charge on any atom is 0.191 e. The minimum atomic E-state index is -3.67. The molecule has 0 amide bonds. The molecule has 0 saturated heterocycles. The summed E-state index contributed by atoms with van der Waals surface area (Å²) in [6.07, 6.45) is 0. The first-order valence-electron chi connectivity index (χ1n) is 6.99. The fraction of sp³-hybridized carbons (Fsp3) is 0.500. The second-order valence-corrected chi connectivity index (χ2v) is 6.51. The topological polar surface area (TPSA) is 79.8 Å². The van der Waals surface area contributed by atoms with Gasteiger partial charge in [-0.1, -0.05) is 12.1 Å². The van der Waals surface area contributed by atoms with Gasteiger partial charge in [-0.05, 0) is 19.1 Å². The third-order valence-electron chi connectivity index (χ3n) is 2.74. The first kappa shape index (κ1) is 18.4. The minimum absolute atomic E-state index is 0.134. The molecule has 1 aromatic carbocycles. The van der Waals surface area contributed by atoms with Crippen LogP contribution in [0.4, 0.5) is 4.39 Å². The van der Waals surface area contributed by atoms with Gasteiger partial charge in [-0.3, -0.25) is 4.99 Å². The molecular weight excluding hydrogens is 309 g/mol. The Bertz CT molecular complexity index is 591. The Morgan fingerprint density at radius 2 is 2.05 bits per heavy atom. The van der Waals surface area contributed by atoms with Crippen molar-refractivity contribution < 1.29 is 17.5 Å². The summed E-state index contributed by atoms with van der Waals surface area (Å²) in [5.74, 6) is -0.450. The second-order valence-electron chi connectivity index (χ2n) is 4.43. The summed E-state index contributed by atoms with van der Waals surface area (Å²) < 4.78 is 42.6. The number of guanidine groups is 1. The van der Waals surface area contributed by atoms with Crippen LogP contribution in [0.3, 0.4) is 0 Å². The molecule has 0 saturated carbocycles. The van der Waals surface area contributed by atoms with E-state index in [1.54, 1.807) is 7.11 Å². The first-order valence-corrected chi connectivity index (χ1v) is 8.65. The molecule has 22 heavy (non-hydrogen) atoms. The molecule has 0 aliphatic heterocycles. The highest BCUT2D eigenvalue weighted by molar-refractivity contribution is 7.91. The van der Waals surface area contributed by atoms with Gasteiger partial charge in [-0.2, -0.15) is 0 Å². The Kier molecular flexibility index (Phi) is 7.83. The predicted molar refractivity (Wildman–Crippen MR) is 84.3 cm³/mol. The van der Waals surface area contributed by atoms with Crippen LogP contribution in [0.5, 0.6) is 0 Å². The number of nitrogens with one attached hydrogen (secondary N) is 2. The quantitative estimate of drug-likeness (QED) is 0.418. The molecule has 0 spiro atoms. The van der Waals surface area contributed by atoms with Crippen LogP contribution in [-0.2, 0) is 14.6 Å². The van der Waals surface area contributed by atoms with E-state index in [1.807, 2.05) is 6.92 Å². The lowest BCUT2D eigenvalue weighted by Gasteiger charge is -2.11. The monoisotopic (exact) mass is 331 g/mol. The number of halogens is 1. The fourth-order valence-electron chi connectivity index (χ4n) is 1.70. The molecule has 0 unspecified atom stereocenters. The lowest BCUT2D eigenvalue weighted by Crippen LogP contribution is -2.39. The molecule has 1 aromatic rings. The van der Waals surface area contributed by atoms with Crippen molar-refractivity contribution in [1.29, 1.82) is 0 Å². The summed E-state index contributed by atoms with van der Waals surface area (Å²) in [5.41, 5.74) is 0. The van der Waals surface area contributed by atoms with Gasteiger partial charge in [0.05, 0.1) is 18.9 Å². The van der Waals surface area contributed by atoms with Crippen LogP contribution in [0, 0.1) is 5.82 Å². The molecule has 124 valence electrons. The predicted octanol–water partition coefficient (Wildman–Crippen LogP) is 0.801. The number of benzene rings is 1. The van der Waals surface area contributed by atoms with Gasteiger partial charge < -0.3 is 15.4 Å². The highest BCUT2D eigenvalue weighted by atomic mass is 32.2. The maximum atomic E-state index is 13.5.